The molecule has 0 radical (unpaired) electrons. The molecule has 0 atom stereocenters. The molecule has 2 heterocycles. The first kappa shape index (κ1) is 13.0. The molecule has 0 aliphatic rings. The standard InChI is InChI=1S/C15H13BrN2O2/c1-19-10-5-6-11(14(8-10)20-2)13-9-18-7-3-4-12(16)15(18)17-13/h3-9H,1-2H3. The van der Waals surface area contributed by atoms with Gasteiger partial charge in [-0.2, -0.15) is 0 Å². The van der Waals surface area contributed by atoms with Gasteiger partial charge in [0.25, 0.3) is 0 Å². The second-order valence-corrected chi connectivity index (χ2v) is 5.13. The fourth-order valence-electron chi connectivity index (χ4n) is 2.12. The van der Waals surface area contributed by atoms with E-state index in [1.807, 2.05) is 47.1 Å². The van der Waals surface area contributed by atoms with Gasteiger partial charge >= 0.3 is 0 Å². The molecule has 4 nitrogen and oxygen atoms in total. The van der Waals surface area contributed by atoms with Crippen molar-refractivity contribution in [1.82, 2.24) is 9.38 Å². The van der Waals surface area contributed by atoms with Gasteiger partial charge in [-0.1, -0.05) is 0 Å². The largest absolute Gasteiger partial charge is 0.497 e. The van der Waals surface area contributed by atoms with Crippen LogP contribution in [0.3, 0.4) is 0 Å². The van der Waals surface area contributed by atoms with Gasteiger partial charge in [0.2, 0.25) is 0 Å². The minimum atomic E-state index is 0.740. The van der Waals surface area contributed by atoms with Crippen molar-refractivity contribution in [2.24, 2.45) is 0 Å². The number of fused-ring (bicyclic) bond motifs is 1. The van der Waals surface area contributed by atoms with Crippen LogP contribution in [0.2, 0.25) is 0 Å². The van der Waals surface area contributed by atoms with Gasteiger partial charge in [-0.3, -0.25) is 0 Å². The average Bonchev–Trinajstić information content (AvgIpc) is 2.92. The highest BCUT2D eigenvalue weighted by Gasteiger charge is 2.12. The molecule has 1 aromatic carbocycles. The van der Waals surface area contributed by atoms with Crippen LogP contribution in [0, 0.1) is 0 Å². The molecular formula is C15H13BrN2O2. The van der Waals surface area contributed by atoms with E-state index in [9.17, 15) is 0 Å². The molecule has 0 aliphatic heterocycles. The number of rotatable bonds is 3. The Bertz CT molecular complexity index is 768. The number of benzene rings is 1. The number of aromatic nitrogens is 2. The van der Waals surface area contributed by atoms with Crippen LogP contribution in [-0.2, 0) is 0 Å². The molecule has 0 saturated carbocycles. The molecule has 0 fully saturated rings. The Labute approximate surface area is 125 Å². The first-order chi connectivity index (χ1) is 9.72. The zero-order valence-corrected chi connectivity index (χ0v) is 12.7. The topological polar surface area (TPSA) is 35.8 Å². The summed E-state index contributed by atoms with van der Waals surface area (Å²) in [6.07, 6.45) is 3.94. The maximum absolute atomic E-state index is 5.43. The number of methoxy groups -OCH3 is 2. The molecule has 3 rings (SSSR count). The summed E-state index contributed by atoms with van der Waals surface area (Å²) in [5.74, 6) is 1.50. The third-order valence-corrected chi connectivity index (χ3v) is 3.74. The summed E-state index contributed by atoms with van der Waals surface area (Å²) in [4.78, 5) is 4.64. The van der Waals surface area contributed by atoms with Gasteiger partial charge in [-0.15, -0.1) is 0 Å². The highest BCUT2D eigenvalue weighted by Crippen LogP contribution is 2.33. The molecule has 0 aliphatic carbocycles. The van der Waals surface area contributed by atoms with Crippen molar-refractivity contribution >= 4 is 21.6 Å². The highest BCUT2D eigenvalue weighted by atomic mass is 79.9. The van der Waals surface area contributed by atoms with Gasteiger partial charge in [-0.25, -0.2) is 4.98 Å². The third kappa shape index (κ3) is 2.14. The fourth-order valence-corrected chi connectivity index (χ4v) is 2.56. The monoisotopic (exact) mass is 332 g/mol. The van der Waals surface area contributed by atoms with E-state index >= 15 is 0 Å². The maximum Gasteiger partial charge on any atom is 0.151 e. The van der Waals surface area contributed by atoms with Crippen LogP contribution in [0.4, 0.5) is 0 Å². The van der Waals surface area contributed by atoms with Crippen LogP contribution in [0.15, 0.2) is 47.2 Å². The summed E-state index contributed by atoms with van der Waals surface area (Å²) < 4.78 is 13.6. The number of nitrogens with zero attached hydrogens (tertiary/aromatic N) is 2. The van der Waals surface area contributed by atoms with Crippen molar-refractivity contribution in [2.45, 2.75) is 0 Å². The second kappa shape index (κ2) is 5.17. The van der Waals surface area contributed by atoms with E-state index < -0.39 is 0 Å². The van der Waals surface area contributed by atoms with E-state index in [-0.39, 0.29) is 0 Å². The van der Waals surface area contributed by atoms with Crippen molar-refractivity contribution in [1.29, 1.82) is 0 Å². The summed E-state index contributed by atoms with van der Waals surface area (Å²) >= 11 is 3.51. The van der Waals surface area contributed by atoms with Crippen molar-refractivity contribution in [2.75, 3.05) is 14.2 Å². The fraction of sp³-hybridized carbons (Fsp3) is 0.133. The van der Waals surface area contributed by atoms with Crippen LogP contribution in [0.1, 0.15) is 0 Å². The Morgan fingerprint density at radius 2 is 2.00 bits per heavy atom. The number of imidazole rings is 1. The van der Waals surface area contributed by atoms with Crippen LogP contribution >= 0.6 is 15.9 Å². The molecule has 5 heteroatoms. The Balaban J connectivity index is 2.17. The smallest absolute Gasteiger partial charge is 0.151 e. The maximum atomic E-state index is 5.43. The SMILES string of the molecule is COc1ccc(-c2cn3cccc(Br)c3n2)c(OC)c1. The molecule has 0 spiro atoms. The third-order valence-electron chi connectivity index (χ3n) is 3.12. The zero-order chi connectivity index (χ0) is 14.1. The molecular weight excluding hydrogens is 320 g/mol. The predicted molar refractivity (Wildman–Crippen MR) is 81.4 cm³/mol. The van der Waals surface area contributed by atoms with E-state index in [1.165, 1.54) is 0 Å². The van der Waals surface area contributed by atoms with Gasteiger partial charge in [0.15, 0.2) is 5.65 Å². The van der Waals surface area contributed by atoms with Gasteiger partial charge < -0.3 is 13.9 Å². The van der Waals surface area contributed by atoms with E-state index in [0.717, 1.165) is 32.9 Å². The Hall–Kier alpha value is -2.01. The summed E-state index contributed by atoms with van der Waals surface area (Å²) in [6.45, 7) is 0. The second-order valence-electron chi connectivity index (χ2n) is 4.28. The Kier molecular flexibility index (Phi) is 3.36. The summed E-state index contributed by atoms with van der Waals surface area (Å²) in [6, 6.07) is 9.64. The lowest BCUT2D eigenvalue weighted by Crippen LogP contribution is -1.90. The number of halogens is 1. The molecule has 102 valence electrons. The summed E-state index contributed by atoms with van der Waals surface area (Å²) in [5.41, 5.74) is 2.67. The van der Waals surface area contributed by atoms with Gasteiger partial charge in [0.1, 0.15) is 11.5 Å². The Morgan fingerprint density at radius 1 is 1.15 bits per heavy atom. The van der Waals surface area contributed by atoms with E-state index in [1.54, 1.807) is 14.2 Å². The molecule has 0 saturated heterocycles. The molecule has 3 aromatic rings. The van der Waals surface area contributed by atoms with Crippen molar-refractivity contribution in [3.63, 3.8) is 0 Å². The van der Waals surface area contributed by atoms with Gasteiger partial charge in [-0.05, 0) is 40.2 Å². The predicted octanol–water partition coefficient (Wildman–Crippen LogP) is 3.78. The van der Waals surface area contributed by atoms with Gasteiger partial charge in [0, 0.05) is 24.0 Å². The van der Waals surface area contributed by atoms with E-state index in [4.69, 9.17) is 9.47 Å². The molecule has 20 heavy (non-hydrogen) atoms. The number of hydrogen-bond acceptors (Lipinski definition) is 3. The summed E-state index contributed by atoms with van der Waals surface area (Å²) in [5, 5.41) is 0. The van der Waals surface area contributed by atoms with Crippen molar-refractivity contribution in [3.05, 3.63) is 47.2 Å². The molecule has 0 amide bonds. The summed E-state index contributed by atoms with van der Waals surface area (Å²) in [7, 11) is 3.28. The van der Waals surface area contributed by atoms with Crippen LogP contribution in [0.25, 0.3) is 16.9 Å². The minimum Gasteiger partial charge on any atom is -0.497 e. The highest BCUT2D eigenvalue weighted by molar-refractivity contribution is 9.10. The van der Waals surface area contributed by atoms with Crippen LogP contribution in [-0.4, -0.2) is 23.6 Å². The van der Waals surface area contributed by atoms with Gasteiger partial charge in [0.05, 0.1) is 24.4 Å². The molecule has 2 aromatic heterocycles. The number of hydrogen-bond donors (Lipinski definition) is 0. The quantitative estimate of drug-likeness (QED) is 0.732. The van der Waals surface area contributed by atoms with E-state index in [0.29, 0.717) is 0 Å². The van der Waals surface area contributed by atoms with Crippen molar-refractivity contribution in [3.8, 4) is 22.8 Å². The minimum absolute atomic E-state index is 0.740. The zero-order valence-electron chi connectivity index (χ0n) is 11.1. The number of ether oxygens (including phenoxy) is 2. The lowest BCUT2D eigenvalue weighted by Gasteiger charge is -2.08. The lowest BCUT2D eigenvalue weighted by atomic mass is 10.1. The lowest BCUT2D eigenvalue weighted by molar-refractivity contribution is 0.395. The molecule has 0 unspecified atom stereocenters. The van der Waals surface area contributed by atoms with Crippen LogP contribution in [0.5, 0.6) is 11.5 Å². The van der Waals surface area contributed by atoms with Crippen LogP contribution < -0.4 is 9.47 Å². The molecule has 0 bridgehead atoms. The van der Waals surface area contributed by atoms with E-state index in [2.05, 4.69) is 20.9 Å². The average molecular weight is 333 g/mol. The first-order valence-corrected chi connectivity index (χ1v) is 6.88. The normalized spacial score (nSPS) is 10.8. The van der Waals surface area contributed by atoms with Crippen molar-refractivity contribution < 1.29 is 9.47 Å². The first-order valence-electron chi connectivity index (χ1n) is 6.08. The Morgan fingerprint density at radius 3 is 2.70 bits per heavy atom. The molecule has 0 N–H and O–H groups in total. The number of pyridine rings is 1.